The zero-order valence-electron chi connectivity index (χ0n) is 28.2. The molecule has 0 radical (unpaired) electrons. The first-order chi connectivity index (χ1) is 20.8. The van der Waals surface area contributed by atoms with Crippen LogP contribution in [0.15, 0.2) is 91.0 Å². The van der Waals surface area contributed by atoms with Gasteiger partial charge in [0, 0.05) is 21.8 Å². The van der Waals surface area contributed by atoms with Crippen molar-refractivity contribution >= 4 is 40.6 Å². The van der Waals surface area contributed by atoms with Crippen LogP contribution < -0.4 is 9.59 Å². The fourth-order valence-corrected chi connectivity index (χ4v) is 12.7. The van der Waals surface area contributed by atoms with Crippen LogP contribution in [0.2, 0.25) is 13.1 Å². The highest BCUT2D eigenvalue weighted by Gasteiger charge is 2.60. The maximum Gasteiger partial charge on any atom is 0.295 e. The summed E-state index contributed by atoms with van der Waals surface area (Å²) in [5, 5.41) is 3.97. The van der Waals surface area contributed by atoms with Crippen molar-refractivity contribution in [2.24, 2.45) is 0 Å². The van der Waals surface area contributed by atoms with E-state index in [0.717, 1.165) is 21.7 Å². The molecule has 0 aliphatic carbocycles. The molecule has 1 aliphatic heterocycles. The minimum absolute atomic E-state index is 0.195. The standard InChI is InChI=1S/C38H41N2Si/c1-24(2)30-20-15-21-31-33-26(5)22-23-32-35(33)40-36(27(6)39(25(3)4)37(40)34(30)31)38(41(32,7)8,28-16-11-9-12-17-28)29-18-13-10-14-19-29/h9-25H,1-8H3/q+1/i5D3. The minimum Gasteiger partial charge on any atom is -0.225 e. The molecule has 0 N–H and O–H groups in total. The molecule has 0 atom stereocenters. The van der Waals surface area contributed by atoms with E-state index in [0.29, 0.717) is 5.56 Å². The first kappa shape index (κ1) is 22.9. The summed E-state index contributed by atoms with van der Waals surface area (Å²) >= 11 is 0. The van der Waals surface area contributed by atoms with Crippen LogP contribution in [0.25, 0.3) is 27.3 Å². The van der Waals surface area contributed by atoms with E-state index in [-0.39, 0.29) is 12.0 Å². The Morgan fingerprint density at radius 3 is 1.98 bits per heavy atom. The maximum atomic E-state index is 8.71. The van der Waals surface area contributed by atoms with Gasteiger partial charge < -0.3 is 0 Å². The number of nitrogens with zero attached hydrogens (tertiary/aromatic N) is 2. The third-order valence-electron chi connectivity index (χ3n) is 9.88. The van der Waals surface area contributed by atoms with Gasteiger partial charge in [-0.2, -0.15) is 4.40 Å². The van der Waals surface area contributed by atoms with Crippen LogP contribution in [-0.2, 0) is 5.04 Å². The summed E-state index contributed by atoms with van der Waals surface area (Å²) in [7, 11) is -2.55. The summed E-state index contributed by atoms with van der Waals surface area (Å²) < 4.78 is 31.2. The third kappa shape index (κ3) is 3.16. The van der Waals surface area contributed by atoms with Crippen molar-refractivity contribution in [1.82, 2.24) is 4.57 Å². The molecule has 0 saturated heterocycles. The molecule has 4 aromatic carbocycles. The lowest BCUT2D eigenvalue weighted by molar-refractivity contribution is -0.492. The van der Waals surface area contributed by atoms with E-state index in [9.17, 15) is 0 Å². The summed E-state index contributed by atoms with van der Waals surface area (Å²) in [5.41, 5.74) is 9.03. The summed E-state index contributed by atoms with van der Waals surface area (Å²) in [6.07, 6.45) is 0. The zero-order chi connectivity index (χ0) is 31.3. The summed E-state index contributed by atoms with van der Waals surface area (Å²) in [6.45, 7) is 14.1. The molecule has 2 aromatic heterocycles. The highest BCUT2D eigenvalue weighted by atomic mass is 28.3. The molecule has 206 valence electrons. The van der Waals surface area contributed by atoms with Gasteiger partial charge in [-0.15, -0.1) is 0 Å². The second-order valence-electron chi connectivity index (χ2n) is 13.0. The van der Waals surface area contributed by atoms with Gasteiger partial charge in [0.05, 0.1) is 16.5 Å². The van der Waals surface area contributed by atoms with Crippen molar-refractivity contribution in [2.45, 2.75) is 71.6 Å². The lowest BCUT2D eigenvalue weighted by Crippen LogP contribution is -2.68. The van der Waals surface area contributed by atoms with E-state index in [1.165, 1.54) is 38.9 Å². The Bertz CT molecular complexity index is 2050. The highest BCUT2D eigenvalue weighted by molar-refractivity contribution is 6.95. The van der Waals surface area contributed by atoms with E-state index in [4.69, 9.17) is 4.11 Å². The Morgan fingerprint density at radius 2 is 1.41 bits per heavy atom. The lowest BCUT2D eigenvalue weighted by Gasteiger charge is -2.47. The number of aromatic nitrogens is 2. The normalized spacial score (nSPS) is 17.0. The number of aryl methyl sites for hydroxylation is 1. The molecule has 7 rings (SSSR count). The molecule has 1 aliphatic rings. The molecule has 0 spiro atoms. The Labute approximate surface area is 249 Å². The topological polar surface area (TPSA) is 9.03 Å². The Balaban J connectivity index is 1.91. The lowest BCUT2D eigenvalue weighted by atomic mass is 9.85. The molecule has 0 amide bonds. The van der Waals surface area contributed by atoms with Crippen LogP contribution in [0.4, 0.5) is 0 Å². The van der Waals surface area contributed by atoms with Crippen molar-refractivity contribution in [1.29, 1.82) is 0 Å². The number of imidazole rings is 1. The van der Waals surface area contributed by atoms with Crippen LogP contribution in [0.1, 0.15) is 77.4 Å². The van der Waals surface area contributed by atoms with Crippen molar-refractivity contribution in [2.75, 3.05) is 0 Å². The second-order valence-corrected chi connectivity index (χ2v) is 17.5. The van der Waals surface area contributed by atoms with E-state index in [1.807, 2.05) is 6.07 Å². The van der Waals surface area contributed by atoms with E-state index in [2.05, 4.69) is 142 Å². The molecular weight excluding hydrogens is 513 g/mol. The SMILES string of the molecule is [2H]C([2H])([2H])c1ccc2c3c1c1cccc(C(C)C)c1c1n(C(C)C)c(C)c([n+]31)C(c1ccccc1)(c1ccccc1)[Si]2(C)C. The molecule has 0 saturated carbocycles. The Kier molecular flexibility index (Phi) is 4.98. The quantitative estimate of drug-likeness (QED) is 0.117. The number of benzene rings is 4. The minimum atomic E-state index is -2.55. The number of pyridine rings is 1. The van der Waals surface area contributed by atoms with Gasteiger partial charge in [-0.05, 0) is 54.1 Å². The van der Waals surface area contributed by atoms with E-state index >= 15 is 0 Å². The Hall–Kier alpha value is -3.69. The molecule has 0 fully saturated rings. The highest BCUT2D eigenvalue weighted by Crippen LogP contribution is 2.50. The first-order valence-corrected chi connectivity index (χ1v) is 18.0. The fraction of sp³-hybridized carbons (Fsp3) is 0.289. The monoisotopic (exact) mass is 556 g/mol. The maximum absolute atomic E-state index is 8.71. The van der Waals surface area contributed by atoms with Crippen molar-refractivity contribution in [3.8, 4) is 0 Å². The van der Waals surface area contributed by atoms with Crippen LogP contribution in [-0.4, -0.2) is 12.6 Å². The molecule has 0 unspecified atom stereocenters. The molecule has 6 aromatic rings. The van der Waals surface area contributed by atoms with Gasteiger partial charge in [0.15, 0.2) is 5.69 Å². The Morgan fingerprint density at radius 1 is 0.780 bits per heavy atom. The summed E-state index contributed by atoms with van der Waals surface area (Å²) in [4.78, 5) is 0. The summed E-state index contributed by atoms with van der Waals surface area (Å²) in [5.74, 6) is 0.264. The van der Waals surface area contributed by atoms with Crippen molar-refractivity contribution < 1.29 is 8.51 Å². The van der Waals surface area contributed by atoms with Gasteiger partial charge in [0.1, 0.15) is 19.3 Å². The van der Waals surface area contributed by atoms with Crippen molar-refractivity contribution in [3.05, 3.63) is 125 Å². The number of hydrogen-bond donors (Lipinski definition) is 0. The molecule has 41 heavy (non-hydrogen) atoms. The summed E-state index contributed by atoms with van der Waals surface area (Å²) in [6, 6.07) is 32.9. The second kappa shape index (κ2) is 8.90. The van der Waals surface area contributed by atoms with Crippen LogP contribution in [0.3, 0.4) is 0 Å². The first-order valence-electron chi connectivity index (χ1n) is 16.5. The van der Waals surface area contributed by atoms with Crippen LogP contribution >= 0.6 is 0 Å². The fourth-order valence-electron chi connectivity index (χ4n) is 8.31. The molecule has 3 heteroatoms. The number of hydrogen-bond acceptors (Lipinski definition) is 0. The largest absolute Gasteiger partial charge is 0.295 e. The van der Waals surface area contributed by atoms with Gasteiger partial charge in [0.25, 0.3) is 5.65 Å². The van der Waals surface area contributed by atoms with Crippen LogP contribution in [0.5, 0.6) is 0 Å². The number of rotatable bonds is 4. The molecule has 0 bridgehead atoms. The predicted molar refractivity (Wildman–Crippen MR) is 176 cm³/mol. The van der Waals surface area contributed by atoms with Gasteiger partial charge in [0.2, 0.25) is 0 Å². The zero-order valence-corrected chi connectivity index (χ0v) is 26.2. The predicted octanol–water partition coefficient (Wildman–Crippen LogP) is 8.66. The van der Waals surface area contributed by atoms with Crippen LogP contribution in [0, 0.1) is 13.8 Å². The van der Waals surface area contributed by atoms with Gasteiger partial charge >= 0.3 is 0 Å². The van der Waals surface area contributed by atoms with E-state index < -0.39 is 20.0 Å². The van der Waals surface area contributed by atoms with Gasteiger partial charge in [-0.3, -0.25) is 0 Å². The average Bonchev–Trinajstić information content (AvgIpc) is 3.30. The number of fused-ring (bicyclic) bond motifs is 3. The van der Waals surface area contributed by atoms with Gasteiger partial charge in [-0.25, -0.2) is 4.57 Å². The van der Waals surface area contributed by atoms with E-state index in [1.54, 1.807) is 0 Å². The third-order valence-corrected chi connectivity index (χ3v) is 14.3. The van der Waals surface area contributed by atoms with Gasteiger partial charge in [-0.1, -0.05) is 118 Å². The molecular formula is C38H41N2Si+. The average molecular weight is 557 g/mol. The smallest absolute Gasteiger partial charge is 0.225 e. The van der Waals surface area contributed by atoms with Crippen molar-refractivity contribution in [3.63, 3.8) is 0 Å². The molecule has 2 nitrogen and oxygen atoms in total. The molecule has 3 heterocycles.